The van der Waals surface area contributed by atoms with E-state index >= 15 is 0 Å². The van der Waals surface area contributed by atoms with Crippen LogP contribution in [0.5, 0.6) is 23.0 Å². The number of hydrogen-bond acceptors (Lipinski definition) is 9. The number of benzene rings is 2. The Bertz CT molecular complexity index is 1300. The van der Waals surface area contributed by atoms with Crippen molar-refractivity contribution in [2.45, 2.75) is 6.54 Å². The second-order valence-corrected chi connectivity index (χ2v) is 7.30. The summed E-state index contributed by atoms with van der Waals surface area (Å²) in [5.41, 5.74) is 1.85. The number of hydrogen-bond donors (Lipinski definition) is 1. The van der Waals surface area contributed by atoms with Gasteiger partial charge in [0.25, 0.3) is 5.91 Å². The summed E-state index contributed by atoms with van der Waals surface area (Å²) in [4.78, 5) is 22.3. The van der Waals surface area contributed by atoms with Crippen molar-refractivity contribution < 1.29 is 23.7 Å². The summed E-state index contributed by atoms with van der Waals surface area (Å²) in [7, 11) is 6.08. The fraction of sp³-hybridized carbons (Fsp3) is 0.200. The lowest BCUT2D eigenvalue weighted by Crippen LogP contribution is -2.18. The molecule has 0 amide bonds. The summed E-state index contributed by atoms with van der Waals surface area (Å²) < 4.78 is 22.8. The van der Waals surface area contributed by atoms with E-state index in [1.54, 1.807) is 37.7 Å². The lowest BCUT2D eigenvalue weighted by atomic mass is 10.1. The summed E-state index contributed by atoms with van der Waals surface area (Å²) in [6.45, 7) is 0.359. The Morgan fingerprint density at radius 3 is 2.26 bits per heavy atom. The lowest BCUT2D eigenvalue weighted by molar-refractivity contribution is 0.0946. The van der Waals surface area contributed by atoms with Crippen LogP contribution in [0, 0.1) is 0 Å². The molecule has 10 nitrogen and oxygen atoms in total. The zero-order valence-electron chi connectivity index (χ0n) is 19.8. The quantitative estimate of drug-likeness (QED) is 0.388. The summed E-state index contributed by atoms with van der Waals surface area (Å²) in [6.07, 6.45) is 3.29. The highest BCUT2D eigenvalue weighted by atomic mass is 16.5. The molecule has 1 N–H and O–H groups in total. The van der Waals surface area contributed by atoms with Crippen LogP contribution >= 0.6 is 0 Å². The minimum absolute atomic E-state index is 0.258. The molecule has 4 aromatic rings. The Morgan fingerprint density at radius 1 is 0.914 bits per heavy atom. The van der Waals surface area contributed by atoms with Crippen molar-refractivity contribution in [3.8, 4) is 34.4 Å². The van der Waals surface area contributed by atoms with Gasteiger partial charge in [-0.25, -0.2) is 0 Å². The Labute approximate surface area is 202 Å². The number of nitrogens with zero attached hydrogens (tertiary/aromatic N) is 4. The van der Waals surface area contributed by atoms with E-state index in [-0.39, 0.29) is 11.5 Å². The first-order chi connectivity index (χ1) is 17.1. The van der Waals surface area contributed by atoms with Crippen LogP contribution in [0.2, 0.25) is 0 Å². The van der Waals surface area contributed by atoms with E-state index in [0.717, 1.165) is 11.3 Å². The molecular formula is C25H25N5O5. The fourth-order valence-electron chi connectivity index (χ4n) is 3.54. The van der Waals surface area contributed by atoms with Gasteiger partial charge in [0.1, 0.15) is 5.75 Å². The number of methoxy groups -OCH3 is 4. The van der Waals surface area contributed by atoms with Crippen LogP contribution in [0.1, 0.15) is 15.9 Å². The normalized spacial score (nSPS) is 10.5. The molecule has 0 spiro atoms. The molecule has 2 heterocycles. The average molecular weight is 476 g/mol. The average Bonchev–Trinajstić information content (AvgIpc) is 3.35. The number of carbonyl (C=O) groups is 1. The SMILES string of the molecule is COc1ccccc1CNc1nc(-c2cccnc2)nn1C(=O)c1cc(OC)c(OC)c(OC)c1. The van der Waals surface area contributed by atoms with E-state index in [4.69, 9.17) is 18.9 Å². The second kappa shape index (κ2) is 10.6. The highest BCUT2D eigenvalue weighted by molar-refractivity contribution is 5.98. The summed E-state index contributed by atoms with van der Waals surface area (Å²) in [5, 5.41) is 7.68. The molecule has 0 saturated heterocycles. The van der Waals surface area contributed by atoms with E-state index in [1.165, 1.54) is 26.0 Å². The summed E-state index contributed by atoms with van der Waals surface area (Å²) in [6, 6.07) is 14.3. The largest absolute Gasteiger partial charge is 0.496 e. The Hall–Kier alpha value is -4.60. The smallest absolute Gasteiger partial charge is 0.281 e. The highest BCUT2D eigenvalue weighted by Gasteiger charge is 2.23. The van der Waals surface area contributed by atoms with Crippen LogP contribution < -0.4 is 24.3 Å². The molecule has 0 aliphatic heterocycles. The van der Waals surface area contributed by atoms with E-state index < -0.39 is 5.91 Å². The summed E-state index contributed by atoms with van der Waals surface area (Å²) >= 11 is 0. The van der Waals surface area contributed by atoms with Gasteiger partial charge >= 0.3 is 0 Å². The van der Waals surface area contributed by atoms with Crippen LogP contribution in [-0.2, 0) is 6.54 Å². The minimum atomic E-state index is -0.436. The fourth-order valence-corrected chi connectivity index (χ4v) is 3.54. The van der Waals surface area contributed by atoms with Crippen molar-refractivity contribution in [2.75, 3.05) is 33.8 Å². The molecule has 0 radical (unpaired) electrons. The van der Waals surface area contributed by atoms with Gasteiger partial charge in [0.15, 0.2) is 17.3 Å². The molecule has 2 aromatic heterocycles. The first-order valence-electron chi connectivity index (χ1n) is 10.7. The third-order valence-corrected chi connectivity index (χ3v) is 5.26. The number of pyridine rings is 1. The highest BCUT2D eigenvalue weighted by Crippen LogP contribution is 2.38. The number of aromatic nitrogens is 4. The van der Waals surface area contributed by atoms with E-state index in [0.29, 0.717) is 35.2 Å². The molecule has 0 aliphatic carbocycles. The number of nitrogens with one attached hydrogen (secondary N) is 1. The van der Waals surface area contributed by atoms with Crippen molar-refractivity contribution in [3.05, 3.63) is 72.1 Å². The van der Waals surface area contributed by atoms with Crippen molar-refractivity contribution >= 4 is 11.9 Å². The number of carbonyl (C=O) groups excluding carboxylic acids is 1. The Kier molecular flexibility index (Phi) is 7.10. The number of rotatable bonds is 9. The Morgan fingerprint density at radius 2 is 1.63 bits per heavy atom. The van der Waals surface area contributed by atoms with E-state index in [1.807, 2.05) is 30.3 Å². The zero-order valence-corrected chi connectivity index (χ0v) is 19.8. The molecule has 180 valence electrons. The molecule has 0 fully saturated rings. The van der Waals surface area contributed by atoms with Crippen molar-refractivity contribution in [3.63, 3.8) is 0 Å². The maximum absolute atomic E-state index is 13.6. The molecule has 0 atom stereocenters. The number of anilines is 1. The third-order valence-electron chi connectivity index (χ3n) is 5.26. The number of ether oxygens (including phenoxy) is 4. The molecule has 2 aromatic carbocycles. The maximum Gasteiger partial charge on any atom is 0.281 e. The molecule has 0 saturated carbocycles. The van der Waals surface area contributed by atoms with Gasteiger partial charge < -0.3 is 24.3 Å². The molecular weight excluding hydrogens is 450 g/mol. The molecule has 35 heavy (non-hydrogen) atoms. The van der Waals surface area contributed by atoms with Gasteiger partial charge in [-0.3, -0.25) is 9.78 Å². The lowest BCUT2D eigenvalue weighted by Gasteiger charge is -2.14. The monoisotopic (exact) mass is 475 g/mol. The van der Waals surface area contributed by atoms with Gasteiger partial charge in [0, 0.05) is 35.6 Å². The van der Waals surface area contributed by atoms with E-state index in [2.05, 4.69) is 20.4 Å². The van der Waals surface area contributed by atoms with Gasteiger partial charge in [-0.2, -0.15) is 9.67 Å². The van der Waals surface area contributed by atoms with Crippen LogP contribution in [0.3, 0.4) is 0 Å². The maximum atomic E-state index is 13.6. The van der Waals surface area contributed by atoms with Crippen LogP contribution in [0.4, 0.5) is 5.95 Å². The van der Waals surface area contributed by atoms with Crippen LogP contribution in [-0.4, -0.2) is 54.1 Å². The number of para-hydroxylation sites is 1. The predicted octanol–water partition coefficient (Wildman–Crippen LogP) is 3.68. The van der Waals surface area contributed by atoms with Gasteiger partial charge in [0.2, 0.25) is 11.7 Å². The van der Waals surface area contributed by atoms with Gasteiger partial charge in [0.05, 0.1) is 28.4 Å². The van der Waals surface area contributed by atoms with Crippen LogP contribution in [0.15, 0.2) is 60.9 Å². The van der Waals surface area contributed by atoms with E-state index in [9.17, 15) is 4.79 Å². The van der Waals surface area contributed by atoms with Crippen LogP contribution in [0.25, 0.3) is 11.4 Å². The first-order valence-corrected chi connectivity index (χ1v) is 10.7. The van der Waals surface area contributed by atoms with Crippen molar-refractivity contribution in [1.29, 1.82) is 0 Å². The molecule has 10 heteroatoms. The second-order valence-electron chi connectivity index (χ2n) is 7.30. The molecule has 4 rings (SSSR count). The molecule has 0 bridgehead atoms. The van der Waals surface area contributed by atoms with Gasteiger partial charge in [-0.15, -0.1) is 5.10 Å². The topological polar surface area (TPSA) is 110 Å². The molecule has 0 aliphatic rings. The molecule has 0 unspecified atom stereocenters. The van der Waals surface area contributed by atoms with Crippen molar-refractivity contribution in [1.82, 2.24) is 19.7 Å². The zero-order chi connectivity index (χ0) is 24.8. The predicted molar refractivity (Wildman–Crippen MR) is 129 cm³/mol. The van der Waals surface area contributed by atoms with Gasteiger partial charge in [-0.05, 0) is 30.3 Å². The standard InChI is InChI=1S/C25H25N5O5/c1-32-19-10-6-5-8-16(19)15-27-25-28-23(17-9-7-11-26-14-17)29-30(25)24(31)18-12-20(33-2)22(35-4)21(13-18)34-3/h5-14H,15H2,1-4H3,(H,27,28,29). The first kappa shape index (κ1) is 23.6. The van der Waals surface area contributed by atoms with Gasteiger partial charge in [-0.1, -0.05) is 18.2 Å². The van der Waals surface area contributed by atoms with Crippen molar-refractivity contribution in [2.24, 2.45) is 0 Å². The minimum Gasteiger partial charge on any atom is -0.496 e. The third kappa shape index (κ3) is 4.86. The Balaban J connectivity index is 1.75. The summed E-state index contributed by atoms with van der Waals surface area (Å²) in [5.74, 6) is 1.98.